The third kappa shape index (κ3) is 9.51. The fourth-order valence-electron chi connectivity index (χ4n) is 0.880. The van der Waals surface area contributed by atoms with E-state index in [0.717, 1.165) is 0 Å². The molecular weight excluding hydrogens is 293 g/mol. The molecule has 0 rings (SSSR count). The normalized spacial score (nSPS) is 17.7. The van der Waals surface area contributed by atoms with Crippen LogP contribution in [0.2, 0.25) is 0 Å². The van der Waals surface area contributed by atoms with Gasteiger partial charge in [0.2, 0.25) is 0 Å². The van der Waals surface area contributed by atoms with Gasteiger partial charge < -0.3 is 44.1 Å². The van der Waals surface area contributed by atoms with E-state index in [1.54, 1.807) is 0 Å². The second kappa shape index (κ2) is 11.3. The number of rotatable bonds is 7. The number of aliphatic hydroxyl groups excluding tert-OH is 4. The SMILES string of the molecule is O=C[C@H](O)[C@@H](OP(=O)([O-])[O-])[C@H](O)[C@H](O)CO.[Na+].[Na+]. The van der Waals surface area contributed by atoms with E-state index in [0.29, 0.717) is 0 Å². The molecule has 0 aliphatic rings. The first-order chi connectivity index (χ1) is 7.22. The van der Waals surface area contributed by atoms with E-state index in [2.05, 4.69) is 4.52 Å². The average molecular weight is 304 g/mol. The third-order valence-electron chi connectivity index (χ3n) is 1.64. The maximum absolute atomic E-state index is 10.2. The average Bonchev–Trinajstić information content (AvgIpc) is 2.21. The summed E-state index contributed by atoms with van der Waals surface area (Å²) in [6.45, 7) is -0.978. The molecule has 0 saturated carbocycles. The molecule has 12 heteroatoms. The first kappa shape index (κ1) is 24.6. The minimum Gasteiger partial charge on any atom is -0.790 e. The number of phosphoric acid groups is 1. The fraction of sp³-hybridized carbons (Fsp3) is 0.833. The van der Waals surface area contributed by atoms with Gasteiger partial charge in [-0.3, -0.25) is 0 Å². The Morgan fingerprint density at radius 3 is 1.94 bits per heavy atom. The molecule has 0 spiro atoms. The molecule has 0 aromatic carbocycles. The van der Waals surface area contributed by atoms with Crippen LogP contribution in [0.5, 0.6) is 0 Å². The Morgan fingerprint density at radius 1 is 1.22 bits per heavy atom. The number of carbonyl (C=O) groups excluding carboxylic acids is 1. The van der Waals surface area contributed by atoms with E-state index in [4.69, 9.17) is 15.3 Å². The second-order valence-electron chi connectivity index (χ2n) is 2.88. The summed E-state index contributed by atoms with van der Waals surface area (Å²) in [5, 5.41) is 35.5. The van der Waals surface area contributed by atoms with Gasteiger partial charge in [0.05, 0.1) is 14.4 Å². The minimum atomic E-state index is -5.56. The predicted octanol–water partition coefficient (Wildman–Crippen LogP) is -10.5. The van der Waals surface area contributed by atoms with E-state index >= 15 is 0 Å². The molecule has 9 nitrogen and oxygen atoms in total. The van der Waals surface area contributed by atoms with Gasteiger partial charge >= 0.3 is 59.1 Å². The van der Waals surface area contributed by atoms with Crippen LogP contribution in [0.3, 0.4) is 0 Å². The summed E-state index contributed by atoms with van der Waals surface area (Å²) < 4.78 is 14.0. The number of aldehydes is 1. The standard InChI is InChI=1S/C6H13O9P.2Na/c7-1-3(9)5(11)6(4(10)2-8)15-16(12,13)14;;/h2-7,9-11H,1H2,(H2,12,13,14);;/q;2*+1/p-2/t3-,4+,5-,6-;;/m1../s1. The number of aliphatic hydroxyl groups is 4. The maximum Gasteiger partial charge on any atom is 1.00 e. The van der Waals surface area contributed by atoms with E-state index in [1.807, 2.05) is 0 Å². The van der Waals surface area contributed by atoms with Crippen LogP contribution < -0.4 is 68.9 Å². The van der Waals surface area contributed by atoms with Crippen molar-refractivity contribution in [3.63, 3.8) is 0 Å². The molecule has 4 atom stereocenters. The van der Waals surface area contributed by atoms with Crippen LogP contribution in [0.15, 0.2) is 0 Å². The van der Waals surface area contributed by atoms with Crippen LogP contribution in [-0.4, -0.2) is 57.7 Å². The van der Waals surface area contributed by atoms with Gasteiger partial charge in [0.15, 0.2) is 6.29 Å². The fourth-order valence-corrected chi connectivity index (χ4v) is 1.43. The molecule has 0 unspecified atom stereocenters. The zero-order valence-corrected chi connectivity index (χ0v) is 14.8. The number of hydrogen-bond acceptors (Lipinski definition) is 9. The molecule has 96 valence electrons. The molecule has 0 aromatic rings. The van der Waals surface area contributed by atoms with E-state index in [9.17, 15) is 24.3 Å². The Hall–Kier alpha value is 1.62. The quantitative estimate of drug-likeness (QED) is 0.202. The monoisotopic (exact) mass is 304 g/mol. The summed E-state index contributed by atoms with van der Waals surface area (Å²) in [6, 6.07) is 0. The van der Waals surface area contributed by atoms with Crippen LogP contribution in [0.4, 0.5) is 0 Å². The molecule has 0 fully saturated rings. The molecule has 0 bridgehead atoms. The Morgan fingerprint density at radius 2 is 1.67 bits per heavy atom. The van der Waals surface area contributed by atoms with Crippen molar-refractivity contribution in [2.45, 2.75) is 24.4 Å². The largest absolute Gasteiger partial charge is 1.00 e. The summed E-state index contributed by atoms with van der Waals surface area (Å²) >= 11 is 0. The van der Waals surface area contributed by atoms with Gasteiger partial charge in [0.25, 0.3) is 0 Å². The molecule has 0 aliphatic carbocycles. The van der Waals surface area contributed by atoms with Gasteiger partial charge in [-0.25, -0.2) is 0 Å². The summed E-state index contributed by atoms with van der Waals surface area (Å²) in [4.78, 5) is 30.7. The number of phosphoric ester groups is 1. The molecule has 0 heterocycles. The summed E-state index contributed by atoms with van der Waals surface area (Å²) in [5.74, 6) is 0. The Bertz CT molecular complexity index is 272. The number of carbonyl (C=O) groups is 1. The van der Waals surface area contributed by atoms with Crippen molar-refractivity contribution in [1.82, 2.24) is 0 Å². The predicted molar refractivity (Wildman–Crippen MR) is 43.6 cm³/mol. The number of hydrogen-bond donors (Lipinski definition) is 4. The summed E-state index contributed by atoms with van der Waals surface area (Å²) in [6.07, 6.45) is -8.46. The van der Waals surface area contributed by atoms with E-state index < -0.39 is 38.8 Å². The van der Waals surface area contributed by atoms with Crippen LogP contribution in [0, 0.1) is 0 Å². The van der Waals surface area contributed by atoms with Gasteiger partial charge in [-0.05, 0) is 0 Å². The molecule has 0 amide bonds. The maximum atomic E-state index is 10.2. The minimum absolute atomic E-state index is 0. The van der Waals surface area contributed by atoms with Crippen LogP contribution in [0.1, 0.15) is 0 Å². The van der Waals surface area contributed by atoms with Crippen LogP contribution in [0.25, 0.3) is 0 Å². The summed E-state index contributed by atoms with van der Waals surface area (Å²) in [5.41, 5.74) is 0. The smallest absolute Gasteiger partial charge is 0.790 e. The van der Waals surface area contributed by atoms with Crippen molar-refractivity contribution in [3.8, 4) is 0 Å². The molecular formula is C6H11Na2O9P. The van der Waals surface area contributed by atoms with Crippen molar-refractivity contribution in [3.05, 3.63) is 0 Å². The van der Waals surface area contributed by atoms with Crippen LogP contribution >= 0.6 is 7.82 Å². The Balaban J connectivity index is -0.00000112. The van der Waals surface area contributed by atoms with Crippen molar-refractivity contribution in [2.75, 3.05) is 6.61 Å². The van der Waals surface area contributed by atoms with Gasteiger partial charge in [0.1, 0.15) is 24.4 Å². The van der Waals surface area contributed by atoms with Crippen LogP contribution in [-0.2, 0) is 13.9 Å². The van der Waals surface area contributed by atoms with E-state index in [-0.39, 0.29) is 65.4 Å². The van der Waals surface area contributed by atoms with Gasteiger partial charge in [-0.15, -0.1) is 0 Å². The third-order valence-corrected chi connectivity index (χ3v) is 2.15. The van der Waals surface area contributed by atoms with Gasteiger partial charge in [-0.2, -0.15) is 0 Å². The molecule has 18 heavy (non-hydrogen) atoms. The molecule has 0 aromatic heterocycles. The van der Waals surface area contributed by atoms with E-state index in [1.165, 1.54) is 0 Å². The topological polar surface area (TPSA) is 170 Å². The molecule has 0 aliphatic heterocycles. The zero-order chi connectivity index (χ0) is 12.9. The second-order valence-corrected chi connectivity index (χ2v) is 3.99. The Kier molecular flexibility index (Phi) is 15.5. The van der Waals surface area contributed by atoms with Crippen molar-refractivity contribution in [1.29, 1.82) is 0 Å². The zero-order valence-electron chi connectivity index (χ0n) is 9.87. The molecule has 0 radical (unpaired) electrons. The first-order valence-corrected chi connectivity index (χ1v) is 5.49. The summed E-state index contributed by atoms with van der Waals surface area (Å²) in [7, 11) is -5.56. The van der Waals surface area contributed by atoms with Crippen molar-refractivity contribution in [2.24, 2.45) is 0 Å². The molecule has 4 N–H and O–H groups in total. The molecule has 0 saturated heterocycles. The van der Waals surface area contributed by atoms with Gasteiger partial charge in [0, 0.05) is 0 Å². The Labute approximate surface area is 147 Å². The first-order valence-electron chi connectivity index (χ1n) is 4.03. The van der Waals surface area contributed by atoms with Crippen molar-refractivity contribution < 1.29 is 103 Å². The van der Waals surface area contributed by atoms with Crippen molar-refractivity contribution >= 4 is 14.1 Å². The van der Waals surface area contributed by atoms with Gasteiger partial charge in [-0.1, -0.05) is 0 Å².